The molecule has 0 spiro atoms. The molecule has 114 valence electrons. The molecule has 0 saturated heterocycles. The first-order chi connectivity index (χ1) is 11.2. The van der Waals surface area contributed by atoms with E-state index in [1.54, 1.807) is 11.6 Å². The second-order valence-electron chi connectivity index (χ2n) is 5.07. The number of fused-ring (bicyclic) bond motifs is 3. The summed E-state index contributed by atoms with van der Waals surface area (Å²) in [6.07, 6.45) is 0. The van der Waals surface area contributed by atoms with Gasteiger partial charge < -0.3 is 17.4 Å². The van der Waals surface area contributed by atoms with Crippen LogP contribution in [-0.4, -0.2) is 21.7 Å². The number of aromatic nitrogens is 4. The van der Waals surface area contributed by atoms with E-state index in [1.165, 1.54) is 4.68 Å². The predicted octanol–water partition coefficient (Wildman–Crippen LogP) is 1.47. The molecule has 0 fully saturated rings. The van der Waals surface area contributed by atoms with E-state index < -0.39 is 0 Å². The third-order valence-corrected chi connectivity index (χ3v) is 4.02. The van der Waals surface area contributed by atoms with Gasteiger partial charge in [0, 0.05) is 10.7 Å². The molecule has 0 radical (unpaired) electrons. The van der Waals surface area contributed by atoms with E-state index in [1.807, 2.05) is 48.5 Å². The summed E-state index contributed by atoms with van der Waals surface area (Å²) >= 11 is 5.22. The molecule has 0 saturated carbocycles. The van der Waals surface area contributed by atoms with Gasteiger partial charge in [0.05, 0.1) is 18.0 Å². The van der Waals surface area contributed by atoms with Crippen molar-refractivity contribution in [1.82, 2.24) is 14.6 Å². The molecular formula is C16H13N5OS. The van der Waals surface area contributed by atoms with Crippen LogP contribution in [0.1, 0.15) is 0 Å². The quantitative estimate of drug-likeness (QED) is 0.344. The largest absolute Gasteiger partial charge is 0.701 e. The van der Waals surface area contributed by atoms with E-state index in [9.17, 15) is 0 Å². The summed E-state index contributed by atoms with van der Waals surface area (Å²) in [6, 6.07) is 15.4. The van der Waals surface area contributed by atoms with E-state index in [0.717, 1.165) is 22.2 Å². The average Bonchev–Trinajstić information content (AvgIpc) is 2.90. The zero-order valence-electron chi connectivity index (χ0n) is 12.3. The third-order valence-electron chi connectivity index (χ3n) is 3.74. The maximum Gasteiger partial charge on any atom is 0.297 e. The number of para-hydroxylation sites is 1. The molecule has 4 rings (SSSR count). The minimum atomic E-state index is 0.304. The van der Waals surface area contributed by atoms with Crippen molar-refractivity contribution in [3.8, 4) is 17.1 Å². The topological polar surface area (TPSA) is 69.3 Å². The predicted molar refractivity (Wildman–Crippen MR) is 88.5 cm³/mol. The second kappa shape index (κ2) is 5.06. The smallest absolute Gasteiger partial charge is 0.297 e. The van der Waals surface area contributed by atoms with Crippen LogP contribution in [0.25, 0.3) is 27.9 Å². The fourth-order valence-electron chi connectivity index (χ4n) is 2.61. The Morgan fingerprint density at radius 2 is 1.87 bits per heavy atom. The Morgan fingerprint density at radius 3 is 2.61 bits per heavy atom. The van der Waals surface area contributed by atoms with Crippen molar-refractivity contribution in [2.24, 2.45) is 0 Å². The van der Waals surface area contributed by atoms with Gasteiger partial charge in [0.25, 0.3) is 5.65 Å². The zero-order chi connectivity index (χ0) is 16.0. The fraction of sp³-hybridized carbons (Fsp3) is 0.0625. The second-order valence-corrected chi connectivity index (χ2v) is 5.43. The zero-order valence-corrected chi connectivity index (χ0v) is 13.1. The summed E-state index contributed by atoms with van der Waals surface area (Å²) in [4.78, 5) is 4.73. The summed E-state index contributed by atoms with van der Waals surface area (Å²) in [7, 11) is 1.63. The van der Waals surface area contributed by atoms with E-state index in [0.29, 0.717) is 16.6 Å². The van der Waals surface area contributed by atoms with Crippen LogP contribution in [-0.2, 0) is 12.6 Å². The first-order valence-corrected chi connectivity index (χ1v) is 7.40. The van der Waals surface area contributed by atoms with Crippen molar-refractivity contribution >= 4 is 29.2 Å². The number of nitrogen functional groups attached to an aromatic ring is 1. The van der Waals surface area contributed by atoms with Crippen molar-refractivity contribution < 1.29 is 9.41 Å². The summed E-state index contributed by atoms with van der Waals surface area (Å²) in [5.74, 6) is 7.54. The Hall–Kier alpha value is -2.93. The van der Waals surface area contributed by atoms with Crippen LogP contribution < -0.4 is 15.3 Å². The average molecular weight is 323 g/mol. The highest BCUT2D eigenvalue weighted by Crippen LogP contribution is 2.25. The van der Waals surface area contributed by atoms with Crippen LogP contribution in [0.2, 0.25) is 0 Å². The van der Waals surface area contributed by atoms with Crippen LogP contribution in [0.15, 0.2) is 53.7 Å². The van der Waals surface area contributed by atoms with Gasteiger partial charge >= 0.3 is 0 Å². The summed E-state index contributed by atoms with van der Waals surface area (Å²) in [6.45, 7) is 0. The van der Waals surface area contributed by atoms with Crippen LogP contribution in [0, 0.1) is 0 Å². The molecule has 0 unspecified atom stereocenters. The first kappa shape index (κ1) is 13.7. The molecule has 6 nitrogen and oxygen atoms in total. The highest BCUT2D eigenvalue weighted by Gasteiger charge is 2.21. The molecule has 0 atom stereocenters. The maximum absolute atomic E-state index is 6.08. The summed E-state index contributed by atoms with van der Waals surface area (Å²) < 4.78 is 8.30. The molecule has 0 aliphatic carbocycles. The van der Waals surface area contributed by atoms with E-state index in [2.05, 4.69) is 5.10 Å². The van der Waals surface area contributed by atoms with Crippen molar-refractivity contribution in [3.05, 3.63) is 48.5 Å². The third kappa shape index (κ3) is 2.05. The first-order valence-electron chi connectivity index (χ1n) is 6.99. The van der Waals surface area contributed by atoms with Crippen molar-refractivity contribution in [2.75, 3.05) is 13.0 Å². The molecule has 0 amide bonds. The van der Waals surface area contributed by atoms with Crippen molar-refractivity contribution in [3.63, 3.8) is 0 Å². The van der Waals surface area contributed by atoms with Crippen molar-refractivity contribution in [1.29, 1.82) is 0 Å². The van der Waals surface area contributed by atoms with Gasteiger partial charge in [-0.05, 0) is 36.4 Å². The van der Waals surface area contributed by atoms with Crippen LogP contribution in [0.4, 0.5) is 0 Å². The van der Waals surface area contributed by atoms with Gasteiger partial charge in [-0.3, -0.25) is 5.84 Å². The van der Waals surface area contributed by atoms with Gasteiger partial charge in [0.1, 0.15) is 5.75 Å². The van der Waals surface area contributed by atoms with E-state index >= 15 is 0 Å². The van der Waals surface area contributed by atoms with Gasteiger partial charge in [-0.15, -0.1) is 0 Å². The highest BCUT2D eigenvalue weighted by atomic mass is 32.1. The lowest BCUT2D eigenvalue weighted by molar-refractivity contribution is -0.651. The number of nitrogens with zero attached hydrogens (tertiary/aromatic N) is 4. The lowest BCUT2D eigenvalue weighted by atomic mass is 10.2. The monoisotopic (exact) mass is 323 g/mol. The van der Waals surface area contributed by atoms with Crippen LogP contribution in [0.5, 0.6) is 5.75 Å². The Kier molecular flexibility index (Phi) is 3.02. The lowest BCUT2D eigenvalue weighted by Gasteiger charge is -2.04. The Labute approximate surface area is 137 Å². The summed E-state index contributed by atoms with van der Waals surface area (Å²) in [5.41, 5.74) is 2.45. The molecule has 2 aromatic carbocycles. The van der Waals surface area contributed by atoms with Gasteiger partial charge in [0.2, 0.25) is 5.82 Å². The summed E-state index contributed by atoms with van der Waals surface area (Å²) in [5, 5.41) is 5.56. The normalized spacial score (nSPS) is 11.2. The van der Waals surface area contributed by atoms with Gasteiger partial charge in [-0.25, -0.2) is 4.98 Å². The van der Waals surface area contributed by atoms with Gasteiger partial charge in [0.15, 0.2) is 5.16 Å². The number of benzene rings is 2. The number of ether oxygens (including phenoxy) is 1. The van der Waals surface area contributed by atoms with Crippen LogP contribution >= 0.6 is 0 Å². The lowest BCUT2D eigenvalue weighted by Crippen LogP contribution is -2.46. The minimum absolute atomic E-state index is 0.304. The number of rotatable bonds is 2. The van der Waals surface area contributed by atoms with Crippen molar-refractivity contribution in [2.45, 2.75) is 5.16 Å². The minimum Gasteiger partial charge on any atom is -0.701 e. The SMILES string of the molecule is COc1ccc(-c2nc3ccccc3c3n2nc([S-])[n+]3N)cc1. The number of hydrogen-bond donors (Lipinski definition) is 1. The molecule has 23 heavy (non-hydrogen) atoms. The molecular weight excluding hydrogens is 310 g/mol. The number of methoxy groups -OCH3 is 1. The maximum atomic E-state index is 6.08. The Balaban J connectivity index is 2.10. The van der Waals surface area contributed by atoms with Crippen LogP contribution in [0.3, 0.4) is 0 Å². The molecule has 0 bridgehead atoms. The Bertz CT molecular complexity index is 1030. The van der Waals surface area contributed by atoms with Gasteiger partial charge in [-0.1, -0.05) is 16.6 Å². The van der Waals surface area contributed by atoms with E-state index in [4.69, 9.17) is 28.2 Å². The standard InChI is InChI=1S/C16H13N5OS/c1-22-11-8-6-10(7-9-11)14-18-13-5-3-2-4-12(13)15-20(17)16(23)19-21(14)15/h2-9H,17H2,1H3. The molecule has 2 N–H and O–H groups in total. The molecule has 4 aromatic rings. The highest BCUT2D eigenvalue weighted by molar-refractivity contribution is 7.58. The molecule has 2 aromatic heterocycles. The molecule has 0 aliphatic rings. The van der Waals surface area contributed by atoms with Gasteiger partial charge in [-0.2, -0.15) is 4.68 Å². The number of hydrogen-bond acceptors (Lipinski definition) is 5. The Morgan fingerprint density at radius 1 is 1.13 bits per heavy atom. The fourth-order valence-corrected chi connectivity index (χ4v) is 2.78. The molecule has 0 aliphatic heterocycles. The van der Waals surface area contributed by atoms with E-state index in [-0.39, 0.29) is 0 Å². The molecule has 2 heterocycles. The molecule has 7 heteroatoms. The number of nitrogens with two attached hydrogens (primary N) is 1.